The second kappa shape index (κ2) is 8.93. The molecule has 5 aliphatic rings. The zero-order valence-corrected chi connectivity index (χ0v) is 21.1. The molecule has 6 rings (SSSR count). The summed E-state index contributed by atoms with van der Waals surface area (Å²) in [6, 6.07) is 2.59. The Morgan fingerprint density at radius 2 is 1.83 bits per heavy atom. The van der Waals surface area contributed by atoms with Crippen molar-refractivity contribution in [1.82, 2.24) is 9.62 Å². The number of nitrogens with zero attached hydrogens (tertiary/aromatic N) is 2. The highest BCUT2D eigenvalue weighted by molar-refractivity contribution is 8.23. The van der Waals surface area contributed by atoms with Crippen LogP contribution in [-0.2, 0) is 15.8 Å². The zero-order valence-electron chi connectivity index (χ0n) is 19.5. The molecule has 4 bridgehead atoms. The van der Waals surface area contributed by atoms with Crippen LogP contribution in [0.15, 0.2) is 18.2 Å². The molecular formula is C23H30ClF3N4O4S. The van der Waals surface area contributed by atoms with Crippen LogP contribution in [0.4, 0.5) is 18.9 Å². The smallest absolute Gasteiger partial charge is 0.369 e. The van der Waals surface area contributed by atoms with E-state index in [1.807, 2.05) is 0 Å². The maximum Gasteiger partial charge on any atom is 0.416 e. The number of anilines is 1. The Balaban J connectivity index is 1.29. The molecule has 0 radical (unpaired) electrons. The van der Waals surface area contributed by atoms with Gasteiger partial charge in [0.1, 0.15) is 0 Å². The van der Waals surface area contributed by atoms with E-state index < -0.39 is 34.0 Å². The second-order valence-corrected chi connectivity index (χ2v) is 13.0. The van der Waals surface area contributed by atoms with E-state index in [2.05, 4.69) is 5.32 Å². The fourth-order valence-electron chi connectivity index (χ4n) is 7.03. The zero-order chi connectivity index (χ0) is 26.0. The molecule has 4 saturated carbocycles. The molecule has 2 unspecified atom stereocenters. The number of nitrogens with one attached hydrogen (secondary N) is 1. The van der Waals surface area contributed by atoms with Crippen molar-refractivity contribution in [3.63, 3.8) is 0 Å². The van der Waals surface area contributed by atoms with Gasteiger partial charge < -0.3 is 11.1 Å². The van der Waals surface area contributed by atoms with E-state index in [9.17, 15) is 31.9 Å². The van der Waals surface area contributed by atoms with Crippen molar-refractivity contribution >= 4 is 40.1 Å². The third kappa shape index (κ3) is 4.44. The average molecular weight is 551 g/mol. The molecule has 1 aromatic rings. The van der Waals surface area contributed by atoms with E-state index in [0.717, 1.165) is 41.8 Å². The van der Waals surface area contributed by atoms with Crippen LogP contribution in [0.5, 0.6) is 0 Å². The standard InChI is InChI=1S/C23H30ClF3N4O4S/c24-17-3-2-16(23(25,26)27)8-18(17)31-5-1-4-30(36(31,34)35)12-19(32)29-20-14-6-13-7-15(20)11-22(9-13,10-14)21(28)33/h2-3,8,13-15,20,34-35H,1,4-7,9-12H2,(H2,28,33)(H,29,32). The summed E-state index contributed by atoms with van der Waals surface area (Å²) in [4.78, 5) is 25.2. The van der Waals surface area contributed by atoms with Crippen LogP contribution in [0.3, 0.4) is 0 Å². The van der Waals surface area contributed by atoms with Gasteiger partial charge in [-0.25, -0.2) is 0 Å². The van der Waals surface area contributed by atoms with Crippen LogP contribution in [-0.4, -0.2) is 50.9 Å². The van der Waals surface area contributed by atoms with Crippen LogP contribution in [0.25, 0.3) is 0 Å². The molecule has 1 aromatic carbocycles. The number of primary amides is 1. The van der Waals surface area contributed by atoms with Crippen molar-refractivity contribution in [2.75, 3.05) is 23.9 Å². The molecule has 5 fully saturated rings. The third-order valence-electron chi connectivity index (χ3n) is 8.40. The van der Waals surface area contributed by atoms with Gasteiger partial charge in [-0.1, -0.05) is 11.6 Å². The summed E-state index contributed by atoms with van der Waals surface area (Å²) in [5.74, 6) is 0.0764. The number of hydrogen-bond donors (Lipinski definition) is 4. The van der Waals surface area contributed by atoms with E-state index in [1.165, 1.54) is 4.31 Å². The van der Waals surface area contributed by atoms with Crippen molar-refractivity contribution in [2.45, 2.75) is 50.7 Å². The number of nitrogens with two attached hydrogens (primary N) is 1. The van der Waals surface area contributed by atoms with Crippen molar-refractivity contribution in [2.24, 2.45) is 28.9 Å². The number of carbonyl (C=O) groups excluding carboxylic acids is 2. The highest BCUT2D eigenvalue weighted by Gasteiger charge is 2.58. The minimum Gasteiger partial charge on any atom is -0.369 e. The number of halogens is 4. The molecule has 2 atom stereocenters. The molecule has 2 amide bonds. The van der Waals surface area contributed by atoms with Gasteiger partial charge in [-0.2, -0.15) is 17.5 Å². The van der Waals surface area contributed by atoms with Gasteiger partial charge in [0.2, 0.25) is 11.8 Å². The van der Waals surface area contributed by atoms with Gasteiger partial charge in [0.15, 0.2) is 0 Å². The van der Waals surface area contributed by atoms with E-state index >= 15 is 0 Å². The van der Waals surface area contributed by atoms with Gasteiger partial charge >= 0.3 is 6.18 Å². The molecule has 13 heteroatoms. The highest BCUT2D eigenvalue weighted by atomic mass is 35.5. The maximum absolute atomic E-state index is 13.3. The van der Waals surface area contributed by atoms with Crippen molar-refractivity contribution < 1.29 is 31.9 Å². The summed E-state index contributed by atoms with van der Waals surface area (Å²) < 4.78 is 64.1. The van der Waals surface area contributed by atoms with E-state index in [4.69, 9.17) is 17.3 Å². The third-order valence-corrected chi connectivity index (χ3v) is 10.7. The summed E-state index contributed by atoms with van der Waals surface area (Å²) >= 11 is 6.14. The predicted molar refractivity (Wildman–Crippen MR) is 130 cm³/mol. The number of rotatable bonds is 5. The largest absolute Gasteiger partial charge is 0.416 e. The molecule has 8 nitrogen and oxygen atoms in total. The molecule has 1 aliphatic heterocycles. The molecule has 0 spiro atoms. The monoisotopic (exact) mass is 550 g/mol. The molecule has 5 N–H and O–H groups in total. The summed E-state index contributed by atoms with van der Waals surface area (Å²) in [6.07, 6.45) is -0.244. The lowest BCUT2D eigenvalue weighted by atomic mass is 9.47. The lowest BCUT2D eigenvalue weighted by Crippen LogP contribution is -2.62. The summed E-state index contributed by atoms with van der Waals surface area (Å²) in [7, 11) is -3.79. The van der Waals surface area contributed by atoms with Gasteiger partial charge in [-0.3, -0.25) is 23.0 Å². The minimum absolute atomic E-state index is 0.0498. The van der Waals surface area contributed by atoms with Gasteiger partial charge in [-0.05, 0) is 85.4 Å². The predicted octanol–water partition coefficient (Wildman–Crippen LogP) is 4.25. The fraction of sp³-hybridized carbons (Fsp3) is 0.652. The van der Waals surface area contributed by atoms with E-state index in [-0.39, 0.29) is 54.1 Å². The van der Waals surface area contributed by atoms with Crippen molar-refractivity contribution in [3.05, 3.63) is 28.8 Å². The second-order valence-electron chi connectivity index (χ2n) is 10.7. The van der Waals surface area contributed by atoms with E-state index in [0.29, 0.717) is 25.2 Å². The van der Waals surface area contributed by atoms with Gasteiger partial charge in [0, 0.05) is 24.5 Å². The number of benzene rings is 1. The number of carbonyl (C=O) groups is 2. The average Bonchev–Trinajstić information content (AvgIpc) is 2.77. The minimum atomic E-state index is -4.62. The van der Waals surface area contributed by atoms with Gasteiger partial charge in [0.05, 0.1) is 22.8 Å². The number of amides is 2. The van der Waals surface area contributed by atoms with Crippen molar-refractivity contribution in [3.8, 4) is 0 Å². The first-order valence-electron chi connectivity index (χ1n) is 12.1. The Morgan fingerprint density at radius 1 is 1.17 bits per heavy atom. The highest BCUT2D eigenvalue weighted by Crippen LogP contribution is 2.60. The number of hydrogen-bond acceptors (Lipinski definition) is 6. The first kappa shape index (κ1) is 25.9. The maximum atomic E-state index is 13.3. The molecule has 1 saturated heterocycles. The molecular weight excluding hydrogens is 521 g/mol. The Morgan fingerprint density at radius 3 is 2.44 bits per heavy atom. The normalized spacial score (nSPS) is 34.4. The van der Waals surface area contributed by atoms with Crippen LogP contribution < -0.4 is 15.4 Å². The molecule has 1 heterocycles. The Labute approximate surface area is 213 Å². The summed E-state index contributed by atoms with van der Waals surface area (Å²) in [5, 5.41) is 3.01. The lowest BCUT2D eigenvalue weighted by molar-refractivity contribution is -0.147. The molecule has 200 valence electrons. The Kier molecular flexibility index (Phi) is 6.43. The molecule has 4 aliphatic carbocycles. The van der Waals surface area contributed by atoms with Crippen LogP contribution in [0.1, 0.15) is 44.1 Å². The lowest BCUT2D eigenvalue weighted by Gasteiger charge is -2.59. The van der Waals surface area contributed by atoms with Gasteiger partial charge in [-0.15, -0.1) is 0 Å². The van der Waals surface area contributed by atoms with Crippen LogP contribution in [0, 0.1) is 23.2 Å². The van der Waals surface area contributed by atoms with Gasteiger partial charge in [0.25, 0.3) is 0 Å². The molecule has 36 heavy (non-hydrogen) atoms. The first-order chi connectivity index (χ1) is 16.8. The topological polar surface area (TPSA) is 119 Å². The van der Waals surface area contributed by atoms with Crippen LogP contribution >= 0.6 is 22.6 Å². The number of alkyl halides is 3. The van der Waals surface area contributed by atoms with E-state index in [1.54, 1.807) is 0 Å². The summed E-state index contributed by atoms with van der Waals surface area (Å²) in [6.45, 7) is -0.0617. The SMILES string of the molecule is NC(=O)C12CC3CC(C1)C(NC(=O)CN1CCCN(c4cc(C(F)(F)F)ccc4Cl)S1(O)O)C(C3)C2. The Bertz CT molecular complexity index is 1060. The van der Waals surface area contributed by atoms with Crippen molar-refractivity contribution in [1.29, 1.82) is 0 Å². The first-order valence-corrected chi connectivity index (χ1v) is 13.9. The molecule has 0 aromatic heterocycles. The fourth-order valence-corrected chi connectivity index (χ4v) is 9.03. The summed E-state index contributed by atoms with van der Waals surface area (Å²) in [5.41, 5.74) is 4.15. The van der Waals surface area contributed by atoms with Crippen LogP contribution in [0.2, 0.25) is 5.02 Å². The Hall–Kier alpha value is -1.73. The quantitative estimate of drug-likeness (QED) is 0.435.